The van der Waals surface area contributed by atoms with E-state index in [1.807, 2.05) is 0 Å². The van der Waals surface area contributed by atoms with E-state index < -0.39 is 6.15 Å². The van der Waals surface area contributed by atoms with E-state index in [9.17, 15) is 0 Å². The van der Waals surface area contributed by atoms with Gasteiger partial charge in [-0.15, -0.1) is 0 Å². The van der Waals surface area contributed by atoms with Crippen LogP contribution in [0.25, 0.3) is 0 Å². The highest BCUT2D eigenvalue weighted by molar-refractivity contribution is 7.11. The number of ether oxygens (including phenoxy) is 3. The van der Waals surface area contributed by atoms with Crippen LogP contribution < -0.4 is 30.6 Å². The summed E-state index contributed by atoms with van der Waals surface area (Å²) in [6.07, 6.45) is 4.84. The molecule has 4 heteroatoms. The van der Waals surface area contributed by atoms with E-state index >= 15 is 0 Å². The van der Waals surface area contributed by atoms with Gasteiger partial charge in [0.2, 0.25) is 0 Å². The smallest absolute Gasteiger partial charge is 0.118 e. The molecule has 0 bridgehead atoms. The van der Waals surface area contributed by atoms with E-state index in [2.05, 4.69) is 79.7 Å². The quantitative estimate of drug-likeness (QED) is 0.333. The Morgan fingerprint density at radius 3 is 1.16 bits per heavy atom. The molecule has 3 rings (SSSR count). The number of methoxy groups -OCH3 is 3. The molecule has 0 spiro atoms. The Bertz CT molecular complexity index is 803. The van der Waals surface area contributed by atoms with Gasteiger partial charge in [0, 0.05) is 0 Å². The normalized spacial score (nSPS) is 11.2. The minimum atomic E-state index is -1.16. The Hall–Kier alpha value is -2.88. The Morgan fingerprint density at radius 1 is 0.516 bits per heavy atom. The van der Waals surface area contributed by atoms with E-state index in [1.165, 1.54) is 42.1 Å². The van der Waals surface area contributed by atoms with E-state index in [1.54, 1.807) is 21.3 Å². The predicted octanol–water partition coefficient (Wildman–Crippen LogP) is 4.76. The van der Waals surface area contributed by atoms with Gasteiger partial charge in [-0.1, -0.05) is 69.0 Å². The Labute approximate surface area is 187 Å². The van der Waals surface area contributed by atoms with Crippen LogP contribution in [0.4, 0.5) is 0 Å². The molecule has 164 valence electrons. The molecular formula is C27H34BO3-. The van der Waals surface area contributed by atoms with Crippen molar-refractivity contribution < 1.29 is 14.2 Å². The first-order valence-corrected chi connectivity index (χ1v) is 11.3. The van der Waals surface area contributed by atoms with Gasteiger partial charge < -0.3 is 14.2 Å². The van der Waals surface area contributed by atoms with Crippen molar-refractivity contribution in [1.82, 2.24) is 0 Å². The average Bonchev–Trinajstić information content (AvgIpc) is 2.85. The van der Waals surface area contributed by atoms with Crippen LogP contribution in [0.5, 0.6) is 17.2 Å². The fourth-order valence-corrected chi connectivity index (χ4v) is 4.75. The summed E-state index contributed by atoms with van der Waals surface area (Å²) in [6.45, 7) is 2.26. The summed E-state index contributed by atoms with van der Waals surface area (Å²) in [4.78, 5) is 0. The Balaban J connectivity index is 2.18. The minimum Gasteiger partial charge on any atom is -0.497 e. The van der Waals surface area contributed by atoms with Crippen LogP contribution in [0, 0.1) is 0 Å². The van der Waals surface area contributed by atoms with Crippen molar-refractivity contribution >= 4 is 22.5 Å². The van der Waals surface area contributed by atoms with Crippen molar-refractivity contribution in [1.29, 1.82) is 0 Å². The van der Waals surface area contributed by atoms with Gasteiger partial charge >= 0.3 is 0 Å². The third-order valence-corrected chi connectivity index (χ3v) is 6.55. The van der Waals surface area contributed by atoms with Crippen LogP contribution >= 0.6 is 0 Å². The zero-order chi connectivity index (χ0) is 22.1. The van der Waals surface area contributed by atoms with Gasteiger partial charge in [-0.05, 0) is 36.4 Å². The highest BCUT2D eigenvalue weighted by Crippen LogP contribution is 2.21. The highest BCUT2D eigenvalue weighted by Gasteiger charge is 2.29. The lowest BCUT2D eigenvalue weighted by Crippen LogP contribution is -2.66. The fraction of sp³-hybridized carbons (Fsp3) is 0.333. The molecule has 0 N–H and O–H groups in total. The van der Waals surface area contributed by atoms with Crippen LogP contribution in [-0.4, -0.2) is 27.5 Å². The molecule has 0 amide bonds. The second-order valence-corrected chi connectivity index (χ2v) is 8.21. The summed E-state index contributed by atoms with van der Waals surface area (Å²) < 4.78 is 16.3. The monoisotopic (exact) mass is 417 g/mol. The SMILES string of the molecule is CCCCCC[B-](c1ccc(OC)cc1)(c1ccc(OC)cc1)c1ccc(OC)cc1. The lowest BCUT2D eigenvalue weighted by Gasteiger charge is -2.43. The van der Waals surface area contributed by atoms with Crippen LogP contribution in [0.1, 0.15) is 32.6 Å². The van der Waals surface area contributed by atoms with E-state index in [-0.39, 0.29) is 0 Å². The molecule has 0 fully saturated rings. The zero-order valence-electron chi connectivity index (χ0n) is 19.3. The molecule has 3 aromatic rings. The first-order chi connectivity index (χ1) is 15.2. The van der Waals surface area contributed by atoms with Gasteiger partial charge in [0.1, 0.15) is 17.2 Å². The molecule has 0 saturated heterocycles. The molecule has 0 aliphatic carbocycles. The maximum Gasteiger partial charge on any atom is 0.118 e. The van der Waals surface area contributed by atoms with Gasteiger partial charge in [0.15, 0.2) is 0 Å². The van der Waals surface area contributed by atoms with Crippen molar-refractivity contribution in [3.05, 3.63) is 72.8 Å². The van der Waals surface area contributed by atoms with Crippen molar-refractivity contribution in [2.24, 2.45) is 0 Å². The summed E-state index contributed by atoms with van der Waals surface area (Å²) in [6, 6.07) is 25.8. The van der Waals surface area contributed by atoms with Gasteiger partial charge in [-0.2, -0.15) is 22.7 Å². The van der Waals surface area contributed by atoms with Gasteiger partial charge in [0.05, 0.1) is 27.5 Å². The second kappa shape index (κ2) is 10.9. The summed E-state index contributed by atoms with van der Waals surface area (Å²) in [5, 5.41) is 0. The molecule has 0 saturated carbocycles. The Kier molecular flexibility index (Phi) is 8.05. The molecule has 0 radical (unpaired) electrons. The molecule has 0 heterocycles. The number of hydrogen-bond donors (Lipinski definition) is 0. The molecule has 0 aliphatic heterocycles. The largest absolute Gasteiger partial charge is 0.497 e. The van der Waals surface area contributed by atoms with Gasteiger partial charge in [-0.25, -0.2) is 0 Å². The molecule has 0 atom stereocenters. The molecule has 31 heavy (non-hydrogen) atoms. The summed E-state index contributed by atoms with van der Waals surface area (Å²) in [7, 11) is 5.14. The van der Waals surface area contributed by atoms with Crippen LogP contribution in [0.3, 0.4) is 0 Å². The Morgan fingerprint density at radius 2 is 0.871 bits per heavy atom. The number of unbranched alkanes of at least 4 members (excludes halogenated alkanes) is 3. The predicted molar refractivity (Wildman–Crippen MR) is 133 cm³/mol. The van der Waals surface area contributed by atoms with Crippen LogP contribution in [0.15, 0.2) is 72.8 Å². The van der Waals surface area contributed by atoms with E-state index in [0.29, 0.717) is 0 Å². The van der Waals surface area contributed by atoms with Crippen LogP contribution in [0.2, 0.25) is 6.32 Å². The zero-order valence-corrected chi connectivity index (χ0v) is 19.3. The molecular weight excluding hydrogens is 383 g/mol. The first kappa shape index (κ1) is 22.8. The topological polar surface area (TPSA) is 27.7 Å². The number of rotatable bonds is 11. The lowest BCUT2D eigenvalue weighted by molar-refractivity contribution is 0.415. The van der Waals surface area contributed by atoms with Crippen molar-refractivity contribution in [2.45, 2.75) is 38.9 Å². The lowest BCUT2D eigenvalue weighted by atomic mass is 9.14. The summed E-state index contributed by atoms with van der Waals surface area (Å²) in [5.41, 5.74) is 3.98. The standard InChI is InChI=1S/C27H34BO3/c1-5-6-7-8-21-28(22-9-15-25(29-2)16-10-22,23-11-17-26(30-3)18-12-23)24-13-19-27(31-4)20-14-24/h9-20H,5-8,21H2,1-4H3/q-1. The third kappa shape index (κ3) is 5.07. The van der Waals surface area contributed by atoms with Crippen molar-refractivity contribution in [3.63, 3.8) is 0 Å². The fourth-order valence-electron chi connectivity index (χ4n) is 4.75. The highest BCUT2D eigenvalue weighted by atomic mass is 16.5. The summed E-state index contributed by atoms with van der Waals surface area (Å²) in [5.74, 6) is 2.64. The first-order valence-electron chi connectivity index (χ1n) is 11.3. The third-order valence-electron chi connectivity index (χ3n) is 6.55. The van der Waals surface area contributed by atoms with Gasteiger partial charge in [-0.3, -0.25) is 0 Å². The molecule has 0 unspecified atom stereocenters. The molecule has 0 aliphatic rings. The molecule has 3 aromatic carbocycles. The van der Waals surface area contributed by atoms with Crippen molar-refractivity contribution in [2.75, 3.05) is 21.3 Å². The maximum absolute atomic E-state index is 5.44. The molecule has 3 nitrogen and oxygen atoms in total. The number of benzene rings is 3. The average molecular weight is 417 g/mol. The van der Waals surface area contributed by atoms with Crippen molar-refractivity contribution in [3.8, 4) is 17.2 Å². The second-order valence-electron chi connectivity index (χ2n) is 8.21. The van der Waals surface area contributed by atoms with E-state index in [4.69, 9.17) is 14.2 Å². The van der Waals surface area contributed by atoms with Gasteiger partial charge in [0.25, 0.3) is 0 Å². The van der Waals surface area contributed by atoms with E-state index in [0.717, 1.165) is 23.6 Å². The minimum absolute atomic E-state index is 0.879. The molecule has 0 aromatic heterocycles. The van der Waals surface area contributed by atoms with Crippen LogP contribution in [-0.2, 0) is 0 Å². The maximum atomic E-state index is 5.44. The summed E-state index contributed by atoms with van der Waals surface area (Å²) >= 11 is 0. The number of hydrogen-bond acceptors (Lipinski definition) is 3.